The molecule has 4 nitrogen and oxygen atoms in total. The summed E-state index contributed by atoms with van der Waals surface area (Å²) < 4.78 is 5.41. The molecule has 0 radical (unpaired) electrons. The molecule has 0 unspecified atom stereocenters. The maximum absolute atomic E-state index is 11.8. The Morgan fingerprint density at radius 2 is 2.60 bits per heavy atom. The van der Waals surface area contributed by atoms with Gasteiger partial charge in [0.05, 0.1) is 18.4 Å². The quantitative estimate of drug-likeness (QED) is 0.793. The highest BCUT2D eigenvalue weighted by Crippen LogP contribution is 2.13. The number of nitrogens with one attached hydrogen (secondary N) is 2. The van der Waals surface area contributed by atoms with E-state index in [2.05, 4.69) is 10.6 Å². The molecule has 0 saturated carbocycles. The first-order valence-corrected chi connectivity index (χ1v) is 5.89. The van der Waals surface area contributed by atoms with Gasteiger partial charge in [0, 0.05) is 11.9 Å². The average Bonchev–Trinajstić information content (AvgIpc) is 2.71. The third-order valence-corrected chi connectivity index (χ3v) is 3.07. The Hall–Kier alpha value is -0.910. The molecule has 5 heteroatoms. The predicted octanol–water partition coefficient (Wildman–Crippen LogP) is 1.06. The van der Waals surface area contributed by atoms with E-state index in [1.807, 2.05) is 23.8 Å². The lowest BCUT2D eigenvalue weighted by atomic mass is 10.1. The second-order valence-corrected chi connectivity index (χ2v) is 4.29. The van der Waals surface area contributed by atoms with Gasteiger partial charge < -0.3 is 15.4 Å². The highest BCUT2D eigenvalue weighted by molar-refractivity contribution is 7.08. The van der Waals surface area contributed by atoms with Crippen LogP contribution >= 0.6 is 11.3 Å². The van der Waals surface area contributed by atoms with Crippen molar-refractivity contribution in [2.24, 2.45) is 0 Å². The Labute approximate surface area is 92.6 Å². The van der Waals surface area contributed by atoms with E-state index in [1.165, 1.54) is 0 Å². The van der Waals surface area contributed by atoms with Gasteiger partial charge in [0.15, 0.2) is 0 Å². The maximum Gasteiger partial charge on any atom is 0.244 e. The van der Waals surface area contributed by atoms with Crippen LogP contribution in [0.4, 0.5) is 5.69 Å². The third-order valence-electron chi connectivity index (χ3n) is 2.39. The van der Waals surface area contributed by atoms with E-state index in [0.29, 0.717) is 6.61 Å². The van der Waals surface area contributed by atoms with E-state index < -0.39 is 0 Å². The number of hydrogen-bond donors (Lipinski definition) is 2. The Kier molecular flexibility index (Phi) is 3.35. The summed E-state index contributed by atoms with van der Waals surface area (Å²) in [5.74, 6) is -0.0272. The molecule has 2 rings (SSSR count). The Balaban J connectivity index is 1.95. The molecule has 0 bridgehead atoms. The fraction of sp³-hybridized carbons (Fsp3) is 0.500. The van der Waals surface area contributed by atoms with Gasteiger partial charge in [0.2, 0.25) is 5.91 Å². The molecule has 0 spiro atoms. The monoisotopic (exact) mass is 226 g/mol. The molecule has 1 aliphatic rings. The molecule has 2 N–H and O–H groups in total. The summed E-state index contributed by atoms with van der Waals surface area (Å²) in [6.45, 7) is 3.31. The molecule has 2 heterocycles. The van der Waals surface area contributed by atoms with Gasteiger partial charge in [-0.25, -0.2) is 0 Å². The van der Waals surface area contributed by atoms with Gasteiger partial charge in [0.25, 0.3) is 0 Å². The van der Waals surface area contributed by atoms with E-state index in [4.69, 9.17) is 4.74 Å². The Bertz CT molecular complexity index is 326. The number of hydrogen-bond acceptors (Lipinski definition) is 4. The van der Waals surface area contributed by atoms with Crippen LogP contribution in [0.2, 0.25) is 0 Å². The van der Waals surface area contributed by atoms with E-state index in [9.17, 15) is 4.79 Å². The van der Waals surface area contributed by atoms with Crippen molar-refractivity contribution >= 4 is 22.9 Å². The minimum Gasteiger partial charge on any atom is -0.375 e. The van der Waals surface area contributed by atoms with Crippen molar-refractivity contribution in [2.45, 2.75) is 19.1 Å². The molecule has 82 valence electrons. The second-order valence-electron chi connectivity index (χ2n) is 3.51. The van der Waals surface area contributed by atoms with Crippen LogP contribution in [0.25, 0.3) is 0 Å². The SMILES string of the molecule is C[C@H]1OCCN[C@@H]1C(=O)Nc1ccsc1. The normalized spacial score (nSPS) is 26.2. The molecule has 1 saturated heterocycles. The number of amides is 1. The fourth-order valence-corrected chi connectivity index (χ4v) is 2.17. The minimum atomic E-state index is -0.251. The fourth-order valence-electron chi connectivity index (χ4n) is 1.58. The highest BCUT2D eigenvalue weighted by Gasteiger charge is 2.28. The number of anilines is 1. The highest BCUT2D eigenvalue weighted by atomic mass is 32.1. The first-order chi connectivity index (χ1) is 7.27. The number of carbonyl (C=O) groups is 1. The van der Waals surface area contributed by atoms with Gasteiger partial charge in [-0.1, -0.05) is 0 Å². The zero-order valence-corrected chi connectivity index (χ0v) is 9.34. The summed E-state index contributed by atoms with van der Waals surface area (Å²) in [5, 5.41) is 9.84. The topological polar surface area (TPSA) is 50.4 Å². The van der Waals surface area contributed by atoms with Gasteiger partial charge in [-0.3, -0.25) is 4.79 Å². The van der Waals surface area contributed by atoms with Crippen LogP contribution in [0, 0.1) is 0 Å². The van der Waals surface area contributed by atoms with Gasteiger partial charge in [-0.2, -0.15) is 11.3 Å². The smallest absolute Gasteiger partial charge is 0.244 e. The van der Waals surface area contributed by atoms with Gasteiger partial charge in [0.1, 0.15) is 6.04 Å². The van der Waals surface area contributed by atoms with Crippen LogP contribution in [-0.2, 0) is 9.53 Å². The van der Waals surface area contributed by atoms with Crippen molar-refractivity contribution in [1.29, 1.82) is 0 Å². The van der Waals surface area contributed by atoms with Gasteiger partial charge in [-0.05, 0) is 18.4 Å². The summed E-state index contributed by atoms with van der Waals surface area (Å²) in [6.07, 6.45) is -0.0719. The molecule has 1 amide bonds. The van der Waals surface area contributed by atoms with Crippen molar-refractivity contribution in [1.82, 2.24) is 5.32 Å². The minimum absolute atomic E-state index is 0.0272. The molecule has 1 aromatic heterocycles. The Morgan fingerprint density at radius 3 is 3.27 bits per heavy atom. The van der Waals surface area contributed by atoms with Crippen molar-refractivity contribution in [2.75, 3.05) is 18.5 Å². The lowest BCUT2D eigenvalue weighted by Gasteiger charge is -2.29. The number of rotatable bonds is 2. The van der Waals surface area contributed by atoms with Crippen LogP contribution in [-0.4, -0.2) is 31.2 Å². The molecular formula is C10H14N2O2S. The average molecular weight is 226 g/mol. The Morgan fingerprint density at radius 1 is 1.73 bits per heavy atom. The van der Waals surface area contributed by atoms with E-state index in [-0.39, 0.29) is 18.1 Å². The summed E-state index contributed by atoms with van der Waals surface area (Å²) in [6, 6.07) is 1.63. The largest absolute Gasteiger partial charge is 0.375 e. The third kappa shape index (κ3) is 2.56. The lowest BCUT2D eigenvalue weighted by Crippen LogP contribution is -2.53. The first-order valence-electron chi connectivity index (χ1n) is 4.95. The van der Waals surface area contributed by atoms with Gasteiger partial charge >= 0.3 is 0 Å². The van der Waals surface area contributed by atoms with Gasteiger partial charge in [-0.15, -0.1) is 0 Å². The molecule has 0 aromatic carbocycles. The maximum atomic E-state index is 11.8. The summed E-state index contributed by atoms with van der Waals surface area (Å²) in [4.78, 5) is 11.8. The molecule has 0 aliphatic carbocycles. The number of carbonyl (C=O) groups excluding carboxylic acids is 1. The lowest BCUT2D eigenvalue weighted by molar-refractivity contribution is -0.123. The van der Waals surface area contributed by atoms with Crippen LogP contribution in [0.5, 0.6) is 0 Å². The van der Waals surface area contributed by atoms with Crippen LogP contribution < -0.4 is 10.6 Å². The predicted molar refractivity (Wildman–Crippen MR) is 60.2 cm³/mol. The zero-order chi connectivity index (χ0) is 10.7. The zero-order valence-electron chi connectivity index (χ0n) is 8.53. The van der Waals surface area contributed by atoms with Crippen molar-refractivity contribution in [3.8, 4) is 0 Å². The molecule has 1 aliphatic heterocycles. The van der Waals surface area contributed by atoms with E-state index >= 15 is 0 Å². The molecule has 1 aromatic rings. The second kappa shape index (κ2) is 4.74. The van der Waals surface area contributed by atoms with Crippen LogP contribution in [0.1, 0.15) is 6.92 Å². The molecular weight excluding hydrogens is 212 g/mol. The molecule has 15 heavy (non-hydrogen) atoms. The summed E-state index contributed by atoms with van der Waals surface area (Å²) in [5.41, 5.74) is 0.851. The molecule has 2 atom stereocenters. The van der Waals surface area contributed by atoms with Crippen molar-refractivity contribution < 1.29 is 9.53 Å². The van der Waals surface area contributed by atoms with Crippen LogP contribution in [0.3, 0.4) is 0 Å². The van der Waals surface area contributed by atoms with E-state index in [1.54, 1.807) is 11.3 Å². The van der Waals surface area contributed by atoms with Crippen molar-refractivity contribution in [3.63, 3.8) is 0 Å². The van der Waals surface area contributed by atoms with Crippen LogP contribution in [0.15, 0.2) is 16.8 Å². The summed E-state index contributed by atoms with van der Waals surface area (Å²) >= 11 is 1.56. The van der Waals surface area contributed by atoms with Crippen molar-refractivity contribution in [3.05, 3.63) is 16.8 Å². The molecule has 1 fully saturated rings. The standard InChI is InChI=1S/C10H14N2O2S/c1-7-9(11-3-4-14-7)10(13)12-8-2-5-15-6-8/h2,5-7,9,11H,3-4H2,1H3,(H,12,13)/t7-,9+/m1/s1. The first kappa shape index (κ1) is 10.6. The number of thiophene rings is 1. The number of morpholine rings is 1. The van der Waals surface area contributed by atoms with E-state index in [0.717, 1.165) is 12.2 Å². The number of ether oxygens (including phenoxy) is 1. The summed E-state index contributed by atoms with van der Waals surface area (Å²) in [7, 11) is 0.